The second-order valence-corrected chi connectivity index (χ2v) is 6.04. The SMILES string of the molecule is C=CCn1c(SCc2cc(F)ccc2F)nnc1-c1ccccc1. The maximum Gasteiger partial charge on any atom is 0.192 e. The van der Waals surface area contributed by atoms with Crippen molar-refractivity contribution in [2.24, 2.45) is 0 Å². The lowest BCUT2D eigenvalue weighted by Crippen LogP contribution is -2.01. The molecule has 0 N–H and O–H groups in total. The minimum absolute atomic E-state index is 0.271. The molecule has 0 amide bonds. The van der Waals surface area contributed by atoms with E-state index >= 15 is 0 Å². The molecular weight excluding hydrogens is 328 g/mol. The molecule has 0 saturated carbocycles. The Hall–Kier alpha value is -2.47. The van der Waals surface area contributed by atoms with Crippen LogP contribution in [0.3, 0.4) is 0 Å². The van der Waals surface area contributed by atoms with E-state index in [1.807, 2.05) is 34.9 Å². The maximum atomic E-state index is 13.8. The van der Waals surface area contributed by atoms with Crippen LogP contribution in [0.2, 0.25) is 0 Å². The predicted octanol–water partition coefficient (Wildman–Crippen LogP) is 4.70. The topological polar surface area (TPSA) is 30.7 Å². The third kappa shape index (κ3) is 3.54. The lowest BCUT2D eigenvalue weighted by Gasteiger charge is -2.08. The first-order valence-corrected chi connectivity index (χ1v) is 8.34. The van der Waals surface area contributed by atoms with E-state index in [4.69, 9.17) is 0 Å². The Kier molecular flexibility index (Phi) is 5.05. The van der Waals surface area contributed by atoms with E-state index < -0.39 is 11.6 Å². The first kappa shape index (κ1) is 16.4. The molecule has 3 rings (SSSR count). The zero-order valence-electron chi connectivity index (χ0n) is 12.8. The average Bonchev–Trinajstić information content (AvgIpc) is 3.00. The molecule has 0 aliphatic heterocycles. The smallest absolute Gasteiger partial charge is 0.192 e. The molecule has 0 atom stereocenters. The van der Waals surface area contributed by atoms with E-state index in [0.29, 0.717) is 17.3 Å². The molecule has 3 nitrogen and oxygen atoms in total. The van der Waals surface area contributed by atoms with Crippen LogP contribution in [-0.4, -0.2) is 14.8 Å². The molecule has 0 saturated heterocycles. The van der Waals surface area contributed by atoms with Gasteiger partial charge in [-0.3, -0.25) is 4.57 Å². The summed E-state index contributed by atoms with van der Waals surface area (Å²) in [6.45, 7) is 4.29. The van der Waals surface area contributed by atoms with Gasteiger partial charge in [0, 0.05) is 23.4 Å². The van der Waals surface area contributed by atoms with E-state index in [1.165, 1.54) is 17.8 Å². The molecule has 0 aliphatic carbocycles. The Morgan fingerprint density at radius 1 is 1.08 bits per heavy atom. The highest BCUT2D eigenvalue weighted by Crippen LogP contribution is 2.27. The first-order valence-electron chi connectivity index (χ1n) is 7.35. The molecule has 24 heavy (non-hydrogen) atoms. The zero-order valence-corrected chi connectivity index (χ0v) is 13.6. The standard InChI is InChI=1S/C18H15F2N3S/c1-2-10-23-17(13-6-4-3-5-7-13)21-22-18(23)24-12-14-11-15(19)8-9-16(14)20/h2-9,11H,1,10,12H2. The van der Waals surface area contributed by atoms with Crippen molar-refractivity contribution in [2.75, 3.05) is 0 Å². The summed E-state index contributed by atoms with van der Waals surface area (Å²) in [5.41, 5.74) is 1.24. The van der Waals surface area contributed by atoms with Crippen LogP contribution in [0, 0.1) is 11.6 Å². The first-order chi connectivity index (χ1) is 11.7. The minimum atomic E-state index is -0.454. The summed E-state index contributed by atoms with van der Waals surface area (Å²) in [6.07, 6.45) is 1.75. The van der Waals surface area contributed by atoms with Gasteiger partial charge in [0.1, 0.15) is 11.6 Å². The summed E-state index contributed by atoms with van der Waals surface area (Å²) in [7, 11) is 0. The van der Waals surface area contributed by atoms with E-state index in [1.54, 1.807) is 6.08 Å². The van der Waals surface area contributed by atoms with Gasteiger partial charge in [-0.1, -0.05) is 48.2 Å². The second kappa shape index (κ2) is 7.40. The zero-order chi connectivity index (χ0) is 16.9. The normalized spacial score (nSPS) is 10.8. The molecule has 3 aromatic rings. The van der Waals surface area contributed by atoms with Crippen molar-refractivity contribution in [1.29, 1.82) is 0 Å². The van der Waals surface area contributed by atoms with E-state index in [2.05, 4.69) is 16.8 Å². The van der Waals surface area contributed by atoms with Crippen LogP contribution < -0.4 is 0 Å². The van der Waals surface area contributed by atoms with Gasteiger partial charge in [0.2, 0.25) is 0 Å². The molecule has 0 spiro atoms. The fourth-order valence-corrected chi connectivity index (χ4v) is 3.21. The van der Waals surface area contributed by atoms with E-state index in [-0.39, 0.29) is 5.75 Å². The van der Waals surface area contributed by atoms with Crippen LogP contribution in [0.5, 0.6) is 0 Å². The van der Waals surface area contributed by atoms with Gasteiger partial charge in [0.25, 0.3) is 0 Å². The summed E-state index contributed by atoms with van der Waals surface area (Å²) in [4.78, 5) is 0. The Morgan fingerprint density at radius 2 is 1.88 bits per heavy atom. The van der Waals surface area contributed by atoms with Gasteiger partial charge in [-0.25, -0.2) is 8.78 Å². The molecule has 0 fully saturated rings. The van der Waals surface area contributed by atoms with Crippen molar-refractivity contribution in [2.45, 2.75) is 17.5 Å². The van der Waals surface area contributed by atoms with Crippen LogP contribution in [0.25, 0.3) is 11.4 Å². The molecule has 6 heteroatoms. The molecule has 0 radical (unpaired) electrons. The highest BCUT2D eigenvalue weighted by molar-refractivity contribution is 7.98. The van der Waals surface area contributed by atoms with Gasteiger partial charge in [0.05, 0.1) is 0 Å². The van der Waals surface area contributed by atoms with E-state index in [0.717, 1.165) is 23.5 Å². The third-order valence-electron chi connectivity index (χ3n) is 3.43. The Morgan fingerprint density at radius 3 is 2.62 bits per heavy atom. The van der Waals surface area contributed by atoms with Gasteiger partial charge >= 0.3 is 0 Å². The molecule has 1 heterocycles. The highest BCUT2D eigenvalue weighted by atomic mass is 32.2. The Labute approximate surface area is 143 Å². The fraction of sp³-hybridized carbons (Fsp3) is 0.111. The summed E-state index contributed by atoms with van der Waals surface area (Å²) >= 11 is 1.31. The van der Waals surface area contributed by atoms with Gasteiger partial charge in [0.15, 0.2) is 11.0 Å². The quantitative estimate of drug-likeness (QED) is 0.480. The van der Waals surface area contributed by atoms with Crippen molar-refractivity contribution in [3.63, 3.8) is 0 Å². The molecule has 122 valence electrons. The number of nitrogens with zero attached hydrogens (tertiary/aromatic N) is 3. The summed E-state index contributed by atoms with van der Waals surface area (Å²) < 4.78 is 28.9. The molecule has 1 aromatic heterocycles. The van der Waals surface area contributed by atoms with Crippen molar-refractivity contribution in [1.82, 2.24) is 14.8 Å². The molecule has 2 aromatic carbocycles. The lowest BCUT2D eigenvalue weighted by atomic mass is 10.2. The summed E-state index contributed by atoms with van der Waals surface area (Å²) in [5.74, 6) is 0.109. The lowest BCUT2D eigenvalue weighted by molar-refractivity contribution is 0.591. The number of allylic oxidation sites excluding steroid dienone is 1. The monoisotopic (exact) mass is 343 g/mol. The van der Waals surface area contributed by atoms with E-state index in [9.17, 15) is 8.78 Å². The van der Waals surface area contributed by atoms with Crippen molar-refractivity contribution in [3.05, 3.63) is 78.4 Å². The van der Waals surface area contributed by atoms with Crippen LogP contribution in [0.4, 0.5) is 8.78 Å². The minimum Gasteiger partial charge on any atom is -0.298 e. The van der Waals surface area contributed by atoms with Gasteiger partial charge in [-0.15, -0.1) is 16.8 Å². The predicted molar refractivity (Wildman–Crippen MR) is 91.6 cm³/mol. The summed E-state index contributed by atoms with van der Waals surface area (Å²) in [5, 5.41) is 9.06. The maximum absolute atomic E-state index is 13.8. The molecule has 0 bridgehead atoms. The largest absolute Gasteiger partial charge is 0.298 e. The number of hydrogen-bond acceptors (Lipinski definition) is 3. The van der Waals surface area contributed by atoms with Gasteiger partial charge in [-0.05, 0) is 18.2 Å². The molecule has 0 aliphatic rings. The number of hydrogen-bond donors (Lipinski definition) is 0. The van der Waals surface area contributed by atoms with Gasteiger partial charge < -0.3 is 0 Å². The molecule has 0 unspecified atom stereocenters. The fourth-order valence-electron chi connectivity index (χ4n) is 2.29. The van der Waals surface area contributed by atoms with Crippen LogP contribution in [-0.2, 0) is 12.3 Å². The highest BCUT2D eigenvalue weighted by Gasteiger charge is 2.14. The number of aromatic nitrogens is 3. The third-order valence-corrected chi connectivity index (χ3v) is 4.44. The van der Waals surface area contributed by atoms with Crippen LogP contribution in [0.1, 0.15) is 5.56 Å². The number of thioether (sulfide) groups is 1. The van der Waals surface area contributed by atoms with Crippen LogP contribution >= 0.6 is 11.8 Å². The number of benzene rings is 2. The average molecular weight is 343 g/mol. The van der Waals surface area contributed by atoms with Crippen molar-refractivity contribution >= 4 is 11.8 Å². The summed E-state index contributed by atoms with van der Waals surface area (Å²) in [6, 6.07) is 13.1. The Bertz CT molecular complexity index is 847. The second-order valence-electron chi connectivity index (χ2n) is 5.10. The van der Waals surface area contributed by atoms with Crippen molar-refractivity contribution < 1.29 is 8.78 Å². The van der Waals surface area contributed by atoms with Crippen molar-refractivity contribution in [3.8, 4) is 11.4 Å². The molecular formula is C18H15F2N3S. The van der Waals surface area contributed by atoms with Crippen LogP contribution in [0.15, 0.2) is 66.3 Å². The van der Waals surface area contributed by atoms with Gasteiger partial charge in [-0.2, -0.15) is 0 Å². The number of halogens is 2. The Balaban J connectivity index is 1.87. The number of rotatable bonds is 6.